The van der Waals surface area contributed by atoms with Crippen LogP contribution < -0.4 is 0 Å². The first-order valence-corrected chi connectivity index (χ1v) is 11.2. The second-order valence-corrected chi connectivity index (χ2v) is 9.47. The van der Waals surface area contributed by atoms with Gasteiger partial charge in [-0.2, -0.15) is 4.31 Å². The van der Waals surface area contributed by atoms with Crippen LogP contribution in [0.25, 0.3) is 0 Å². The first kappa shape index (κ1) is 21.1. The van der Waals surface area contributed by atoms with Crippen molar-refractivity contribution < 1.29 is 22.0 Å². The summed E-state index contributed by atoms with van der Waals surface area (Å²) < 4.78 is 53.7. The summed E-state index contributed by atoms with van der Waals surface area (Å²) in [7, 11) is -2.34. The maximum Gasteiger partial charge on any atom is 0.246 e. The Morgan fingerprint density at radius 3 is 2.43 bits per heavy atom. The zero-order valence-corrected chi connectivity index (χ0v) is 16.9. The van der Waals surface area contributed by atoms with Crippen LogP contribution >= 0.6 is 0 Å². The summed E-state index contributed by atoms with van der Waals surface area (Å²) in [4.78, 5) is 16.1. The third kappa shape index (κ3) is 4.69. The van der Waals surface area contributed by atoms with E-state index in [9.17, 15) is 22.0 Å². The summed E-state index contributed by atoms with van der Waals surface area (Å²) in [5.74, 6) is -1.99. The molecule has 156 valence electrons. The molecule has 0 unspecified atom stereocenters. The molecule has 0 aliphatic carbocycles. The number of carbonyl (C=O) groups is 1. The lowest BCUT2D eigenvalue weighted by Crippen LogP contribution is -2.44. The van der Waals surface area contributed by atoms with E-state index < -0.39 is 26.6 Å². The Balaban J connectivity index is 1.55. The molecule has 2 aliphatic heterocycles. The van der Waals surface area contributed by atoms with Crippen molar-refractivity contribution in [3.05, 3.63) is 29.8 Å². The molecule has 0 radical (unpaired) electrons. The SMILES string of the molecule is CN(CCN1CCCC1)C(=O)C1CCN(S(=O)(=O)c2cc(F)ccc2F)CC1. The van der Waals surface area contributed by atoms with Crippen molar-refractivity contribution in [2.75, 3.05) is 46.3 Å². The quantitative estimate of drug-likeness (QED) is 0.712. The van der Waals surface area contributed by atoms with E-state index in [4.69, 9.17) is 0 Å². The van der Waals surface area contributed by atoms with Crippen molar-refractivity contribution in [1.82, 2.24) is 14.1 Å². The Morgan fingerprint density at radius 1 is 1.14 bits per heavy atom. The lowest BCUT2D eigenvalue weighted by atomic mass is 9.97. The molecule has 0 N–H and O–H groups in total. The average molecular weight is 416 g/mol. The van der Waals surface area contributed by atoms with Crippen LogP contribution in [0, 0.1) is 17.6 Å². The molecule has 0 bridgehead atoms. The van der Waals surface area contributed by atoms with Crippen LogP contribution in [0.2, 0.25) is 0 Å². The molecule has 2 heterocycles. The fraction of sp³-hybridized carbons (Fsp3) is 0.632. The molecule has 28 heavy (non-hydrogen) atoms. The molecule has 9 heteroatoms. The molecule has 1 aromatic carbocycles. The number of hydrogen-bond acceptors (Lipinski definition) is 4. The molecule has 1 amide bonds. The fourth-order valence-corrected chi connectivity index (χ4v) is 5.42. The number of benzene rings is 1. The lowest BCUT2D eigenvalue weighted by Gasteiger charge is -2.33. The highest BCUT2D eigenvalue weighted by molar-refractivity contribution is 7.89. The first-order valence-electron chi connectivity index (χ1n) is 9.71. The minimum atomic E-state index is -4.12. The van der Waals surface area contributed by atoms with Crippen LogP contribution in [-0.4, -0.2) is 74.7 Å². The van der Waals surface area contributed by atoms with Gasteiger partial charge in [-0.25, -0.2) is 17.2 Å². The molecular weight excluding hydrogens is 388 g/mol. The van der Waals surface area contributed by atoms with Gasteiger partial charge < -0.3 is 9.80 Å². The number of halogens is 2. The Hall–Kier alpha value is -1.58. The summed E-state index contributed by atoms with van der Waals surface area (Å²) in [5.41, 5.74) is 0. The number of piperidine rings is 1. The zero-order chi connectivity index (χ0) is 20.3. The predicted molar refractivity (Wildman–Crippen MR) is 101 cm³/mol. The van der Waals surface area contributed by atoms with Crippen molar-refractivity contribution in [1.29, 1.82) is 0 Å². The molecule has 0 aromatic heterocycles. The van der Waals surface area contributed by atoms with Crippen molar-refractivity contribution in [2.45, 2.75) is 30.6 Å². The van der Waals surface area contributed by atoms with E-state index >= 15 is 0 Å². The second-order valence-electron chi connectivity index (χ2n) is 7.56. The standard InChI is InChI=1S/C19H27F2N3O3S/c1-22(12-13-23-8-2-3-9-23)19(25)15-6-10-24(11-7-15)28(26,27)18-14-16(20)4-5-17(18)21/h4-5,14-15H,2-3,6-13H2,1H3. The van der Waals surface area contributed by atoms with Gasteiger partial charge in [-0.15, -0.1) is 0 Å². The van der Waals surface area contributed by atoms with E-state index in [2.05, 4.69) is 4.90 Å². The van der Waals surface area contributed by atoms with Gasteiger partial charge in [0.25, 0.3) is 0 Å². The lowest BCUT2D eigenvalue weighted by molar-refractivity contribution is -0.135. The van der Waals surface area contributed by atoms with Gasteiger partial charge in [0.05, 0.1) is 0 Å². The van der Waals surface area contributed by atoms with Gasteiger partial charge in [-0.05, 0) is 57.0 Å². The van der Waals surface area contributed by atoms with Gasteiger partial charge in [0.2, 0.25) is 15.9 Å². The molecule has 1 aromatic rings. The van der Waals surface area contributed by atoms with Crippen molar-refractivity contribution in [3.63, 3.8) is 0 Å². The summed E-state index contributed by atoms with van der Waals surface area (Å²) in [6, 6.07) is 2.40. The minimum Gasteiger partial charge on any atom is -0.344 e. The van der Waals surface area contributed by atoms with Crippen LogP contribution in [0.5, 0.6) is 0 Å². The Morgan fingerprint density at radius 2 is 1.79 bits per heavy atom. The topological polar surface area (TPSA) is 60.9 Å². The normalized spacial score (nSPS) is 19.8. The van der Waals surface area contributed by atoms with Crippen LogP contribution in [0.4, 0.5) is 8.78 Å². The molecule has 6 nitrogen and oxygen atoms in total. The molecule has 0 atom stereocenters. The van der Waals surface area contributed by atoms with Gasteiger partial charge in [-0.1, -0.05) is 0 Å². The van der Waals surface area contributed by atoms with Gasteiger partial charge in [0, 0.05) is 39.1 Å². The minimum absolute atomic E-state index is 0.0215. The third-order valence-electron chi connectivity index (χ3n) is 5.64. The maximum atomic E-state index is 13.9. The maximum absolute atomic E-state index is 13.9. The van der Waals surface area contributed by atoms with E-state index in [1.54, 1.807) is 11.9 Å². The monoisotopic (exact) mass is 415 g/mol. The molecule has 0 saturated carbocycles. The van der Waals surface area contributed by atoms with Crippen LogP contribution in [0.3, 0.4) is 0 Å². The summed E-state index contributed by atoms with van der Waals surface area (Å²) in [6.45, 7) is 3.91. The number of nitrogens with zero attached hydrogens (tertiary/aromatic N) is 3. The number of rotatable bonds is 6. The van der Waals surface area contributed by atoms with Crippen LogP contribution in [-0.2, 0) is 14.8 Å². The fourth-order valence-electron chi connectivity index (χ4n) is 3.88. The molecule has 2 saturated heterocycles. The highest BCUT2D eigenvalue weighted by Crippen LogP contribution is 2.26. The first-order chi connectivity index (χ1) is 13.3. The third-order valence-corrected chi connectivity index (χ3v) is 7.55. The summed E-state index contributed by atoms with van der Waals surface area (Å²) >= 11 is 0. The van der Waals surface area contributed by atoms with Gasteiger partial charge in [0.1, 0.15) is 16.5 Å². The molecule has 3 rings (SSSR count). The number of likely N-dealkylation sites (N-methyl/N-ethyl adjacent to an activating group) is 1. The number of likely N-dealkylation sites (tertiary alicyclic amines) is 1. The average Bonchev–Trinajstić information content (AvgIpc) is 3.21. The van der Waals surface area contributed by atoms with Crippen LogP contribution in [0.15, 0.2) is 23.1 Å². The Bertz CT molecular complexity index is 805. The van der Waals surface area contributed by atoms with Gasteiger partial charge >= 0.3 is 0 Å². The largest absolute Gasteiger partial charge is 0.344 e. The number of carbonyl (C=O) groups excluding carboxylic acids is 1. The second kappa shape index (κ2) is 8.84. The predicted octanol–water partition coefficient (Wildman–Crippen LogP) is 1.92. The molecular formula is C19H27F2N3O3S. The van der Waals surface area contributed by atoms with Gasteiger partial charge in [0.15, 0.2) is 0 Å². The van der Waals surface area contributed by atoms with Gasteiger partial charge in [-0.3, -0.25) is 4.79 Å². The highest BCUT2D eigenvalue weighted by Gasteiger charge is 2.34. The van der Waals surface area contributed by atoms with E-state index in [1.807, 2.05) is 0 Å². The van der Waals surface area contributed by atoms with E-state index in [-0.39, 0.29) is 24.9 Å². The summed E-state index contributed by atoms with van der Waals surface area (Å²) in [6.07, 6.45) is 3.17. The number of hydrogen-bond donors (Lipinski definition) is 0. The smallest absolute Gasteiger partial charge is 0.246 e. The Labute approximate surface area is 165 Å². The van der Waals surface area contributed by atoms with E-state index in [1.165, 1.54) is 12.8 Å². The molecule has 2 fully saturated rings. The van der Waals surface area contributed by atoms with E-state index in [0.29, 0.717) is 25.5 Å². The molecule has 0 spiro atoms. The number of sulfonamides is 1. The highest BCUT2D eigenvalue weighted by atomic mass is 32.2. The van der Waals surface area contributed by atoms with Crippen molar-refractivity contribution in [3.8, 4) is 0 Å². The van der Waals surface area contributed by atoms with Crippen molar-refractivity contribution >= 4 is 15.9 Å². The summed E-state index contributed by atoms with van der Waals surface area (Å²) in [5, 5.41) is 0. The van der Waals surface area contributed by atoms with E-state index in [0.717, 1.165) is 36.1 Å². The van der Waals surface area contributed by atoms with Crippen molar-refractivity contribution in [2.24, 2.45) is 5.92 Å². The zero-order valence-electron chi connectivity index (χ0n) is 16.1. The molecule has 2 aliphatic rings. The Kier molecular flexibility index (Phi) is 6.67. The number of amides is 1. The van der Waals surface area contributed by atoms with Crippen LogP contribution in [0.1, 0.15) is 25.7 Å².